The van der Waals surface area contributed by atoms with Crippen LogP contribution in [0.1, 0.15) is 21.5 Å². The van der Waals surface area contributed by atoms with Crippen LogP contribution in [0.15, 0.2) is 72.8 Å². The van der Waals surface area contributed by atoms with Crippen LogP contribution >= 0.6 is 11.6 Å². The summed E-state index contributed by atoms with van der Waals surface area (Å²) in [5.41, 5.74) is 1.61. The first-order valence-electron chi connectivity index (χ1n) is 8.01. The molecule has 0 N–H and O–H groups in total. The van der Waals surface area contributed by atoms with Crippen molar-refractivity contribution in [3.8, 4) is 11.8 Å². The summed E-state index contributed by atoms with van der Waals surface area (Å²) < 4.78 is 19.0. The zero-order valence-electron chi connectivity index (χ0n) is 14.0. The van der Waals surface area contributed by atoms with Gasteiger partial charge in [0.05, 0.1) is 17.2 Å². The molecule has 3 nitrogen and oxygen atoms in total. The predicted octanol–water partition coefficient (Wildman–Crippen LogP) is 5.76. The molecule has 0 radical (unpaired) electrons. The van der Waals surface area contributed by atoms with Crippen molar-refractivity contribution in [1.82, 2.24) is 0 Å². The van der Waals surface area contributed by atoms with E-state index in [-0.39, 0.29) is 11.3 Å². The van der Waals surface area contributed by atoms with E-state index in [1.165, 1.54) is 18.2 Å². The van der Waals surface area contributed by atoms with Crippen molar-refractivity contribution in [3.05, 3.63) is 100 Å². The molecule has 27 heavy (non-hydrogen) atoms. The number of nitrogens with zero attached hydrogens (tertiary/aromatic N) is 1. The van der Waals surface area contributed by atoms with Gasteiger partial charge in [-0.1, -0.05) is 48.0 Å². The summed E-state index contributed by atoms with van der Waals surface area (Å²) in [6, 6.07) is 21.3. The van der Waals surface area contributed by atoms with Crippen LogP contribution in [0.25, 0.3) is 11.6 Å². The maximum Gasteiger partial charge on any atom is 0.346 e. The number of nitriles is 1. The monoisotopic (exact) mass is 377 g/mol. The zero-order valence-corrected chi connectivity index (χ0v) is 14.8. The van der Waals surface area contributed by atoms with Gasteiger partial charge in [-0.05, 0) is 53.6 Å². The van der Waals surface area contributed by atoms with Gasteiger partial charge >= 0.3 is 5.97 Å². The summed E-state index contributed by atoms with van der Waals surface area (Å²) >= 11 is 5.98. The minimum absolute atomic E-state index is 0.143. The van der Waals surface area contributed by atoms with Gasteiger partial charge in [0.2, 0.25) is 0 Å². The number of carbonyl (C=O) groups excluding carboxylic acids is 1. The second-order valence-electron chi connectivity index (χ2n) is 5.62. The normalized spacial score (nSPS) is 10.9. The molecule has 0 aliphatic carbocycles. The Balaban J connectivity index is 1.86. The van der Waals surface area contributed by atoms with Crippen molar-refractivity contribution < 1.29 is 13.9 Å². The molecular formula is C22H13ClFNO2. The summed E-state index contributed by atoms with van der Waals surface area (Å²) in [6.07, 6.45) is 1.66. The minimum Gasteiger partial charge on any atom is -0.423 e. The number of esters is 1. The van der Waals surface area contributed by atoms with E-state index in [4.69, 9.17) is 16.3 Å². The van der Waals surface area contributed by atoms with Crippen molar-refractivity contribution in [3.63, 3.8) is 0 Å². The van der Waals surface area contributed by atoms with Crippen molar-refractivity contribution >= 4 is 29.2 Å². The lowest BCUT2D eigenvalue weighted by molar-refractivity contribution is 0.0730. The lowest BCUT2D eigenvalue weighted by atomic mass is 10.0. The van der Waals surface area contributed by atoms with Crippen LogP contribution in [0.4, 0.5) is 4.39 Å². The van der Waals surface area contributed by atoms with E-state index in [1.807, 2.05) is 0 Å². The van der Waals surface area contributed by atoms with Crippen LogP contribution in [0.3, 0.4) is 0 Å². The predicted molar refractivity (Wildman–Crippen MR) is 103 cm³/mol. The minimum atomic E-state index is -0.787. The van der Waals surface area contributed by atoms with E-state index >= 15 is 0 Å². The molecule has 3 rings (SSSR count). The van der Waals surface area contributed by atoms with Gasteiger partial charge in [0.25, 0.3) is 0 Å². The molecule has 0 saturated carbocycles. The largest absolute Gasteiger partial charge is 0.423 e. The average Bonchev–Trinajstić information content (AvgIpc) is 2.66. The van der Waals surface area contributed by atoms with Crippen LogP contribution in [0, 0.1) is 17.1 Å². The van der Waals surface area contributed by atoms with Crippen molar-refractivity contribution in [2.45, 2.75) is 0 Å². The number of ether oxygens (including phenoxy) is 1. The maximum atomic E-state index is 13.7. The third-order valence-corrected chi connectivity index (χ3v) is 3.96. The molecule has 0 spiro atoms. The molecule has 0 amide bonds. The lowest BCUT2D eigenvalue weighted by Gasteiger charge is -2.06. The second kappa shape index (κ2) is 8.31. The third kappa shape index (κ3) is 4.60. The Labute approximate surface area is 160 Å². The molecule has 5 heteroatoms. The van der Waals surface area contributed by atoms with Gasteiger partial charge in [0.1, 0.15) is 11.6 Å². The van der Waals surface area contributed by atoms with Crippen LogP contribution in [-0.4, -0.2) is 5.97 Å². The van der Waals surface area contributed by atoms with Gasteiger partial charge in [0, 0.05) is 5.02 Å². The topological polar surface area (TPSA) is 50.1 Å². The summed E-state index contributed by atoms with van der Waals surface area (Å²) in [5, 5.41) is 9.97. The first-order valence-corrected chi connectivity index (χ1v) is 8.39. The van der Waals surface area contributed by atoms with Gasteiger partial charge < -0.3 is 4.74 Å². The molecule has 0 fully saturated rings. The molecule has 3 aromatic carbocycles. The van der Waals surface area contributed by atoms with Crippen LogP contribution in [-0.2, 0) is 0 Å². The van der Waals surface area contributed by atoms with Gasteiger partial charge in [-0.25, -0.2) is 9.18 Å². The van der Waals surface area contributed by atoms with Gasteiger partial charge in [-0.2, -0.15) is 5.26 Å². The summed E-state index contributed by atoms with van der Waals surface area (Å²) in [5.74, 6) is -1.18. The summed E-state index contributed by atoms with van der Waals surface area (Å²) in [4.78, 5) is 12.1. The third-order valence-electron chi connectivity index (χ3n) is 3.73. The van der Waals surface area contributed by atoms with Crippen LogP contribution < -0.4 is 4.74 Å². The highest BCUT2D eigenvalue weighted by atomic mass is 35.5. The van der Waals surface area contributed by atoms with Gasteiger partial charge in [-0.3, -0.25) is 0 Å². The molecule has 0 atom stereocenters. The number of hydrogen-bond acceptors (Lipinski definition) is 3. The molecule has 132 valence electrons. The molecule has 0 bridgehead atoms. The number of halogens is 2. The molecule has 3 aromatic rings. The molecule has 0 unspecified atom stereocenters. The SMILES string of the molecule is N#C/C(=C/c1cccc(OC(=O)c2ccccc2F)c1)c1cccc(Cl)c1. The highest BCUT2D eigenvalue weighted by Gasteiger charge is 2.13. The first kappa shape index (κ1) is 18.4. The van der Waals surface area contributed by atoms with Gasteiger partial charge in [0.15, 0.2) is 0 Å². The summed E-state index contributed by atoms with van der Waals surface area (Å²) in [7, 11) is 0. The molecule has 0 aliphatic heterocycles. The van der Waals surface area contributed by atoms with E-state index in [1.54, 1.807) is 60.7 Å². The fraction of sp³-hybridized carbons (Fsp3) is 0. The molecule has 0 heterocycles. The first-order chi connectivity index (χ1) is 13.1. The van der Waals surface area contributed by atoms with Crippen molar-refractivity contribution in [2.24, 2.45) is 0 Å². The maximum absolute atomic E-state index is 13.7. The highest BCUT2D eigenvalue weighted by molar-refractivity contribution is 6.30. The van der Waals surface area contributed by atoms with Crippen molar-refractivity contribution in [1.29, 1.82) is 5.26 Å². The second-order valence-corrected chi connectivity index (χ2v) is 6.06. The zero-order chi connectivity index (χ0) is 19.2. The molecular weight excluding hydrogens is 365 g/mol. The van der Waals surface area contributed by atoms with Crippen LogP contribution in [0.2, 0.25) is 5.02 Å². The van der Waals surface area contributed by atoms with E-state index in [9.17, 15) is 14.4 Å². The van der Waals surface area contributed by atoms with Gasteiger partial charge in [-0.15, -0.1) is 0 Å². The number of allylic oxidation sites excluding steroid dienone is 1. The average molecular weight is 378 g/mol. The number of carbonyl (C=O) groups is 1. The Kier molecular flexibility index (Phi) is 5.65. The number of hydrogen-bond donors (Lipinski definition) is 0. The Morgan fingerprint density at radius 2 is 1.81 bits per heavy atom. The fourth-order valence-electron chi connectivity index (χ4n) is 2.46. The lowest BCUT2D eigenvalue weighted by Crippen LogP contribution is -2.10. The Hall–Kier alpha value is -3.42. The highest BCUT2D eigenvalue weighted by Crippen LogP contribution is 2.23. The Morgan fingerprint density at radius 1 is 1.04 bits per heavy atom. The Morgan fingerprint density at radius 3 is 2.56 bits per heavy atom. The van der Waals surface area contributed by atoms with Crippen molar-refractivity contribution in [2.75, 3.05) is 0 Å². The standard InChI is InChI=1S/C22H13ClFNO2/c23-18-7-4-6-16(13-18)17(14-25)11-15-5-3-8-19(12-15)27-22(26)20-9-1-2-10-21(20)24/h1-13H/b17-11-. The molecule has 0 saturated heterocycles. The Bertz CT molecular complexity index is 1070. The number of rotatable bonds is 4. The summed E-state index contributed by atoms with van der Waals surface area (Å²) in [6.45, 7) is 0. The molecule has 0 aromatic heterocycles. The van der Waals surface area contributed by atoms with Crippen LogP contribution in [0.5, 0.6) is 5.75 Å². The molecule has 0 aliphatic rings. The number of benzene rings is 3. The quantitative estimate of drug-likeness (QED) is 0.251. The van der Waals surface area contributed by atoms with E-state index in [2.05, 4.69) is 6.07 Å². The fourth-order valence-corrected chi connectivity index (χ4v) is 2.65. The smallest absolute Gasteiger partial charge is 0.346 e. The van der Waals surface area contributed by atoms with E-state index in [0.29, 0.717) is 21.7 Å². The van der Waals surface area contributed by atoms with E-state index < -0.39 is 11.8 Å². The van der Waals surface area contributed by atoms with E-state index in [0.717, 1.165) is 0 Å².